The number of carbonyl (C=O) groups excluding carboxylic acids is 1. The van der Waals surface area contributed by atoms with Crippen LogP contribution in [0.5, 0.6) is 0 Å². The lowest BCUT2D eigenvalue weighted by Gasteiger charge is -2.11. The van der Waals surface area contributed by atoms with Gasteiger partial charge in [0.15, 0.2) is 0 Å². The van der Waals surface area contributed by atoms with Crippen LogP contribution in [-0.2, 0) is 4.74 Å². The van der Waals surface area contributed by atoms with Crippen LogP contribution in [0.25, 0.3) is 0 Å². The Kier molecular flexibility index (Phi) is 4.96. The second kappa shape index (κ2) is 6.01. The van der Waals surface area contributed by atoms with Crippen molar-refractivity contribution >= 4 is 21.8 Å². The summed E-state index contributed by atoms with van der Waals surface area (Å²) in [6, 6.07) is 5.63. The third kappa shape index (κ3) is 3.94. The first-order valence-corrected chi connectivity index (χ1v) is 5.90. The van der Waals surface area contributed by atoms with Crippen molar-refractivity contribution < 1.29 is 9.53 Å². The van der Waals surface area contributed by atoms with Crippen molar-refractivity contribution in [2.24, 2.45) is 0 Å². The van der Waals surface area contributed by atoms with E-state index in [0.29, 0.717) is 12.1 Å². The van der Waals surface area contributed by atoms with E-state index in [1.807, 2.05) is 26.0 Å². The Hall–Kier alpha value is -0.870. The second-order valence-electron chi connectivity index (χ2n) is 3.77. The van der Waals surface area contributed by atoms with E-state index in [4.69, 9.17) is 4.74 Å². The van der Waals surface area contributed by atoms with Crippen molar-refractivity contribution in [1.29, 1.82) is 0 Å². The van der Waals surface area contributed by atoms with Crippen LogP contribution < -0.4 is 5.32 Å². The number of halogens is 1. The molecule has 1 aromatic carbocycles. The summed E-state index contributed by atoms with van der Waals surface area (Å²) in [5.41, 5.74) is 1.72. The summed E-state index contributed by atoms with van der Waals surface area (Å²) in [5.74, 6) is -0.0756. The van der Waals surface area contributed by atoms with Gasteiger partial charge in [-0.05, 0) is 37.6 Å². The Morgan fingerprint density at radius 1 is 1.50 bits per heavy atom. The standard InChI is InChI=1S/C12H16BrNO2/c1-8-4-10(6-11(13)5-8)12(15)14-7-9(2)16-3/h4-6,9H,7H2,1-3H3,(H,14,15). The van der Waals surface area contributed by atoms with Gasteiger partial charge in [0.05, 0.1) is 6.10 Å². The lowest BCUT2D eigenvalue weighted by atomic mass is 10.1. The molecule has 88 valence electrons. The van der Waals surface area contributed by atoms with Crippen molar-refractivity contribution in [2.45, 2.75) is 20.0 Å². The van der Waals surface area contributed by atoms with E-state index in [9.17, 15) is 4.79 Å². The molecule has 0 heterocycles. The lowest BCUT2D eigenvalue weighted by molar-refractivity contribution is 0.0870. The average Bonchev–Trinajstić information content (AvgIpc) is 2.23. The van der Waals surface area contributed by atoms with Crippen molar-refractivity contribution in [3.8, 4) is 0 Å². The second-order valence-corrected chi connectivity index (χ2v) is 4.69. The minimum Gasteiger partial charge on any atom is -0.380 e. The maximum Gasteiger partial charge on any atom is 0.251 e. The number of amides is 1. The molecule has 0 saturated heterocycles. The molecule has 0 aliphatic heterocycles. The Bertz CT molecular complexity index is 359. The Balaban J connectivity index is 2.66. The molecular weight excluding hydrogens is 270 g/mol. The zero-order valence-corrected chi connectivity index (χ0v) is 11.3. The molecule has 0 aliphatic rings. The van der Waals surface area contributed by atoms with Gasteiger partial charge in [-0.3, -0.25) is 4.79 Å². The molecule has 16 heavy (non-hydrogen) atoms. The fourth-order valence-electron chi connectivity index (χ4n) is 1.29. The maximum atomic E-state index is 11.8. The number of ether oxygens (including phenoxy) is 1. The minimum atomic E-state index is -0.0756. The summed E-state index contributed by atoms with van der Waals surface area (Å²) in [6.45, 7) is 4.38. The monoisotopic (exact) mass is 285 g/mol. The van der Waals surface area contributed by atoms with Gasteiger partial charge in [-0.15, -0.1) is 0 Å². The maximum absolute atomic E-state index is 11.8. The van der Waals surface area contributed by atoms with Crippen LogP contribution in [0.3, 0.4) is 0 Å². The molecule has 1 N–H and O–H groups in total. The number of benzene rings is 1. The van der Waals surface area contributed by atoms with E-state index in [1.165, 1.54) is 0 Å². The molecule has 0 bridgehead atoms. The highest BCUT2D eigenvalue weighted by atomic mass is 79.9. The summed E-state index contributed by atoms with van der Waals surface area (Å²) in [6.07, 6.45) is 0.0252. The molecule has 0 radical (unpaired) electrons. The molecule has 0 aromatic heterocycles. The minimum absolute atomic E-state index is 0.0252. The van der Waals surface area contributed by atoms with Crippen LogP contribution in [0.4, 0.5) is 0 Å². The topological polar surface area (TPSA) is 38.3 Å². The van der Waals surface area contributed by atoms with Gasteiger partial charge >= 0.3 is 0 Å². The van der Waals surface area contributed by atoms with Gasteiger partial charge < -0.3 is 10.1 Å². The van der Waals surface area contributed by atoms with Gasteiger partial charge in [0.2, 0.25) is 0 Å². The molecular formula is C12H16BrNO2. The van der Waals surface area contributed by atoms with E-state index in [0.717, 1.165) is 10.0 Å². The van der Waals surface area contributed by atoms with E-state index >= 15 is 0 Å². The highest BCUT2D eigenvalue weighted by Crippen LogP contribution is 2.15. The van der Waals surface area contributed by atoms with E-state index < -0.39 is 0 Å². The zero-order chi connectivity index (χ0) is 12.1. The van der Waals surface area contributed by atoms with E-state index in [1.54, 1.807) is 13.2 Å². The summed E-state index contributed by atoms with van der Waals surface area (Å²) in [5, 5.41) is 2.82. The number of aryl methyl sites for hydroxylation is 1. The summed E-state index contributed by atoms with van der Waals surface area (Å²) in [7, 11) is 1.63. The van der Waals surface area contributed by atoms with Crippen LogP contribution in [0.15, 0.2) is 22.7 Å². The lowest BCUT2D eigenvalue weighted by Crippen LogP contribution is -2.31. The third-order valence-corrected chi connectivity index (χ3v) is 2.71. The van der Waals surface area contributed by atoms with Crippen LogP contribution in [0.2, 0.25) is 0 Å². The van der Waals surface area contributed by atoms with Gasteiger partial charge in [0.25, 0.3) is 5.91 Å². The number of methoxy groups -OCH3 is 1. The molecule has 0 spiro atoms. The fraction of sp³-hybridized carbons (Fsp3) is 0.417. The van der Waals surface area contributed by atoms with Gasteiger partial charge in [-0.1, -0.05) is 15.9 Å². The van der Waals surface area contributed by atoms with Crippen LogP contribution in [-0.4, -0.2) is 25.7 Å². The summed E-state index contributed by atoms with van der Waals surface area (Å²) in [4.78, 5) is 11.8. The summed E-state index contributed by atoms with van der Waals surface area (Å²) < 4.78 is 5.97. The average molecular weight is 286 g/mol. The van der Waals surface area contributed by atoms with Crippen molar-refractivity contribution in [3.05, 3.63) is 33.8 Å². The highest BCUT2D eigenvalue weighted by molar-refractivity contribution is 9.10. The quantitative estimate of drug-likeness (QED) is 0.923. The number of rotatable bonds is 4. The van der Waals surface area contributed by atoms with Crippen molar-refractivity contribution in [1.82, 2.24) is 5.32 Å². The molecule has 1 unspecified atom stereocenters. The Morgan fingerprint density at radius 3 is 2.75 bits per heavy atom. The zero-order valence-electron chi connectivity index (χ0n) is 9.71. The molecule has 4 heteroatoms. The van der Waals surface area contributed by atoms with Crippen LogP contribution >= 0.6 is 15.9 Å². The number of carbonyl (C=O) groups is 1. The van der Waals surface area contributed by atoms with Crippen molar-refractivity contribution in [2.75, 3.05) is 13.7 Å². The normalized spacial score (nSPS) is 12.2. The molecule has 1 amide bonds. The van der Waals surface area contributed by atoms with Gasteiger partial charge in [0.1, 0.15) is 0 Å². The highest BCUT2D eigenvalue weighted by Gasteiger charge is 2.08. The van der Waals surface area contributed by atoms with Gasteiger partial charge in [-0.2, -0.15) is 0 Å². The molecule has 0 aliphatic carbocycles. The number of hydrogen-bond donors (Lipinski definition) is 1. The van der Waals surface area contributed by atoms with E-state index in [-0.39, 0.29) is 12.0 Å². The molecule has 1 aromatic rings. The van der Waals surface area contributed by atoms with E-state index in [2.05, 4.69) is 21.2 Å². The van der Waals surface area contributed by atoms with Gasteiger partial charge in [-0.25, -0.2) is 0 Å². The molecule has 1 rings (SSSR count). The Morgan fingerprint density at radius 2 is 2.19 bits per heavy atom. The summed E-state index contributed by atoms with van der Waals surface area (Å²) >= 11 is 3.37. The van der Waals surface area contributed by atoms with Crippen LogP contribution in [0.1, 0.15) is 22.8 Å². The largest absolute Gasteiger partial charge is 0.380 e. The number of nitrogens with one attached hydrogen (secondary N) is 1. The molecule has 0 fully saturated rings. The molecule has 0 saturated carbocycles. The first kappa shape index (κ1) is 13.2. The van der Waals surface area contributed by atoms with Gasteiger partial charge in [0, 0.05) is 23.7 Å². The molecule has 3 nitrogen and oxygen atoms in total. The first-order chi connectivity index (χ1) is 7.52. The predicted molar refractivity (Wildman–Crippen MR) is 67.7 cm³/mol. The SMILES string of the molecule is COC(C)CNC(=O)c1cc(C)cc(Br)c1. The third-order valence-electron chi connectivity index (χ3n) is 2.26. The predicted octanol–water partition coefficient (Wildman–Crippen LogP) is 2.52. The first-order valence-electron chi connectivity index (χ1n) is 5.11. The fourth-order valence-corrected chi connectivity index (χ4v) is 1.90. The smallest absolute Gasteiger partial charge is 0.251 e. The number of hydrogen-bond acceptors (Lipinski definition) is 2. The molecule has 1 atom stereocenters. The van der Waals surface area contributed by atoms with Crippen LogP contribution in [0, 0.1) is 6.92 Å². The van der Waals surface area contributed by atoms with Crippen molar-refractivity contribution in [3.63, 3.8) is 0 Å². The Labute approximate surface area is 104 Å².